The summed E-state index contributed by atoms with van der Waals surface area (Å²) in [4.78, 5) is 0. The maximum absolute atomic E-state index is 11.9. The Morgan fingerprint density at radius 3 is 2.43 bits per heavy atom. The van der Waals surface area contributed by atoms with Gasteiger partial charge in [-0.2, -0.15) is 0 Å². The number of halogens is 3. The van der Waals surface area contributed by atoms with Crippen molar-refractivity contribution >= 4 is 0 Å². The second kappa shape index (κ2) is 8.09. The molecule has 0 aromatic heterocycles. The number of benzene rings is 1. The predicted molar refractivity (Wildman–Crippen MR) is 72.5 cm³/mol. The van der Waals surface area contributed by atoms with Crippen LogP contribution in [0.25, 0.3) is 0 Å². The molecule has 0 aliphatic heterocycles. The molecule has 1 aromatic carbocycles. The van der Waals surface area contributed by atoms with Gasteiger partial charge in [0.1, 0.15) is 6.61 Å². The topological polar surface area (TPSA) is 39.7 Å². The quantitative estimate of drug-likeness (QED) is 0.749. The molecule has 0 unspecified atom stereocenters. The minimum absolute atomic E-state index is 0.211. The van der Waals surface area contributed by atoms with E-state index in [1.807, 2.05) is 19.9 Å². The normalized spacial score (nSPS) is 11.8. The monoisotopic (exact) mass is 307 g/mol. The molecule has 0 bridgehead atoms. The van der Waals surface area contributed by atoms with Crippen molar-refractivity contribution in [3.63, 3.8) is 0 Å². The molecular formula is C14H20F3NO3. The van der Waals surface area contributed by atoms with Crippen molar-refractivity contribution in [3.05, 3.63) is 23.8 Å². The van der Waals surface area contributed by atoms with E-state index in [1.165, 1.54) is 7.11 Å². The average molecular weight is 307 g/mol. The second-order valence-electron chi connectivity index (χ2n) is 4.66. The lowest BCUT2D eigenvalue weighted by atomic mass is 10.2. The fourth-order valence-corrected chi connectivity index (χ4v) is 1.57. The fourth-order valence-electron chi connectivity index (χ4n) is 1.57. The highest BCUT2D eigenvalue weighted by Gasteiger charge is 2.28. The molecule has 0 fully saturated rings. The summed E-state index contributed by atoms with van der Waals surface area (Å²) in [5.74, 6) is 0.863. The molecule has 0 saturated carbocycles. The Morgan fingerprint density at radius 1 is 1.14 bits per heavy atom. The fraction of sp³-hybridized carbons (Fsp3) is 0.571. The van der Waals surface area contributed by atoms with Crippen LogP contribution in [-0.2, 0) is 11.3 Å². The Hall–Kier alpha value is -1.47. The third-order valence-electron chi connectivity index (χ3n) is 2.55. The number of methoxy groups -OCH3 is 1. The zero-order valence-electron chi connectivity index (χ0n) is 12.3. The molecular weight excluding hydrogens is 287 g/mol. The van der Waals surface area contributed by atoms with Crippen LogP contribution in [0.3, 0.4) is 0 Å². The first-order valence-corrected chi connectivity index (χ1v) is 6.55. The molecule has 0 saturated heterocycles. The van der Waals surface area contributed by atoms with Crippen LogP contribution in [0.5, 0.6) is 11.5 Å². The van der Waals surface area contributed by atoms with Gasteiger partial charge in [0, 0.05) is 12.6 Å². The van der Waals surface area contributed by atoms with E-state index in [9.17, 15) is 13.2 Å². The molecule has 1 aromatic rings. The lowest BCUT2D eigenvalue weighted by molar-refractivity contribution is -0.325. The van der Waals surface area contributed by atoms with Gasteiger partial charge >= 0.3 is 6.36 Å². The summed E-state index contributed by atoms with van der Waals surface area (Å²) in [6, 6.07) is 5.66. The van der Waals surface area contributed by atoms with Crippen LogP contribution >= 0.6 is 0 Å². The zero-order valence-corrected chi connectivity index (χ0v) is 12.3. The Balaban J connectivity index is 2.59. The van der Waals surface area contributed by atoms with Gasteiger partial charge in [-0.25, -0.2) is 0 Å². The first-order chi connectivity index (χ1) is 9.81. The van der Waals surface area contributed by atoms with Crippen molar-refractivity contribution in [1.82, 2.24) is 5.32 Å². The lowest BCUT2D eigenvalue weighted by Gasteiger charge is -2.14. The van der Waals surface area contributed by atoms with Gasteiger partial charge in [0.25, 0.3) is 0 Å². The third-order valence-corrected chi connectivity index (χ3v) is 2.55. The Kier molecular flexibility index (Phi) is 6.77. The van der Waals surface area contributed by atoms with Crippen LogP contribution < -0.4 is 14.8 Å². The van der Waals surface area contributed by atoms with Gasteiger partial charge in [0.2, 0.25) is 0 Å². The Morgan fingerprint density at radius 2 is 1.86 bits per heavy atom. The van der Waals surface area contributed by atoms with Gasteiger partial charge in [0.15, 0.2) is 11.5 Å². The van der Waals surface area contributed by atoms with Crippen LogP contribution in [0.1, 0.15) is 19.4 Å². The smallest absolute Gasteiger partial charge is 0.493 e. The number of nitrogens with one attached hydrogen (secondary N) is 1. The molecule has 0 amide bonds. The maximum Gasteiger partial charge on any atom is 0.522 e. The third kappa shape index (κ3) is 7.19. The van der Waals surface area contributed by atoms with E-state index >= 15 is 0 Å². The average Bonchev–Trinajstić information content (AvgIpc) is 2.40. The molecule has 0 aliphatic carbocycles. The summed E-state index contributed by atoms with van der Waals surface area (Å²) in [6.07, 6.45) is -4.64. The first kappa shape index (κ1) is 17.6. The van der Waals surface area contributed by atoms with E-state index < -0.39 is 13.0 Å². The summed E-state index contributed by atoms with van der Waals surface area (Å²) in [6.45, 7) is 3.90. The van der Waals surface area contributed by atoms with Crippen LogP contribution in [0.4, 0.5) is 13.2 Å². The van der Waals surface area contributed by atoms with Crippen LogP contribution in [0.15, 0.2) is 18.2 Å². The van der Waals surface area contributed by atoms with Crippen LogP contribution in [0, 0.1) is 0 Å². The molecule has 0 radical (unpaired) electrons. The summed E-state index contributed by atoms with van der Waals surface area (Å²) in [5, 5.41) is 3.24. The SMILES string of the molecule is COc1ccc(CNC(C)C)cc1OCCOC(F)(F)F. The minimum Gasteiger partial charge on any atom is -0.493 e. The largest absolute Gasteiger partial charge is 0.522 e. The zero-order chi connectivity index (χ0) is 15.9. The van der Waals surface area contributed by atoms with Crippen molar-refractivity contribution in [1.29, 1.82) is 0 Å². The van der Waals surface area contributed by atoms with Crippen molar-refractivity contribution in [3.8, 4) is 11.5 Å². The summed E-state index contributed by atoms with van der Waals surface area (Å²) in [7, 11) is 1.47. The standard InChI is InChI=1S/C14H20F3NO3/c1-10(2)18-9-11-4-5-12(19-3)13(8-11)20-6-7-21-14(15,16)17/h4-5,8,10,18H,6-7,9H2,1-3H3. The minimum atomic E-state index is -4.64. The van der Waals surface area contributed by atoms with Gasteiger partial charge in [-0.15, -0.1) is 13.2 Å². The summed E-state index contributed by atoms with van der Waals surface area (Å²) < 4.78 is 49.6. The molecule has 1 N–H and O–H groups in total. The van der Waals surface area contributed by atoms with E-state index in [0.29, 0.717) is 24.1 Å². The van der Waals surface area contributed by atoms with Crippen LogP contribution in [-0.4, -0.2) is 32.7 Å². The van der Waals surface area contributed by atoms with E-state index in [4.69, 9.17) is 9.47 Å². The Bertz CT molecular complexity index is 436. The second-order valence-corrected chi connectivity index (χ2v) is 4.66. The van der Waals surface area contributed by atoms with Crippen molar-refractivity contribution in [2.75, 3.05) is 20.3 Å². The molecule has 4 nitrogen and oxygen atoms in total. The molecule has 0 heterocycles. The molecule has 7 heteroatoms. The van der Waals surface area contributed by atoms with Gasteiger partial charge in [-0.1, -0.05) is 19.9 Å². The molecule has 0 spiro atoms. The van der Waals surface area contributed by atoms with Crippen molar-refractivity contribution in [2.45, 2.75) is 32.8 Å². The maximum atomic E-state index is 11.9. The molecule has 21 heavy (non-hydrogen) atoms. The van der Waals surface area contributed by atoms with E-state index in [0.717, 1.165) is 5.56 Å². The molecule has 120 valence electrons. The van der Waals surface area contributed by atoms with Gasteiger partial charge in [-0.3, -0.25) is 4.74 Å². The highest BCUT2D eigenvalue weighted by Crippen LogP contribution is 2.28. The molecule has 0 atom stereocenters. The predicted octanol–water partition coefficient (Wildman–Crippen LogP) is 3.11. The van der Waals surface area contributed by atoms with Crippen molar-refractivity contribution < 1.29 is 27.4 Å². The van der Waals surface area contributed by atoms with Gasteiger partial charge < -0.3 is 14.8 Å². The number of hydrogen-bond acceptors (Lipinski definition) is 4. The molecule has 0 aliphatic rings. The number of ether oxygens (including phenoxy) is 3. The highest BCUT2D eigenvalue weighted by molar-refractivity contribution is 5.42. The van der Waals surface area contributed by atoms with E-state index in [1.54, 1.807) is 12.1 Å². The van der Waals surface area contributed by atoms with Crippen molar-refractivity contribution in [2.24, 2.45) is 0 Å². The van der Waals surface area contributed by atoms with E-state index in [2.05, 4.69) is 10.1 Å². The van der Waals surface area contributed by atoms with Gasteiger partial charge in [0.05, 0.1) is 13.7 Å². The number of rotatable bonds is 8. The highest BCUT2D eigenvalue weighted by atomic mass is 19.4. The van der Waals surface area contributed by atoms with Crippen LogP contribution in [0.2, 0.25) is 0 Å². The van der Waals surface area contributed by atoms with E-state index in [-0.39, 0.29) is 6.61 Å². The number of alkyl halides is 3. The molecule has 1 rings (SSSR count). The lowest BCUT2D eigenvalue weighted by Crippen LogP contribution is -2.21. The summed E-state index contributed by atoms with van der Waals surface area (Å²) >= 11 is 0. The summed E-state index contributed by atoms with van der Waals surface area (Å²) in [5.41, 5.74) is 0.955. The Labute approximate surface area is 122 Å². The van der Waals surface area contributed by atoms with Gasteiger partial charge in [-0.05, 0) is 17.7 Å². The first-order valence-electron chi connectivity index (χ1n) is 6.55. The number of hydrogen-bond donors (Lipinski definition) is 1.